The third kappa shape index (κ3) is 4.46. The van der Waals surface area contributed by atoms with Crippen LogP contribution < -0.4 is 4.90 Å². The Labute approximate surface area is 188 Å². The van der Waals surface area contributed by atoms with Crippen molar-refractivity contribution >= 4 is 26.7 Å². The molecule has 3 aromatic rings. The smallest absolute Gasteiger partial charge is 0.186 e. The quantitative estimate of drug-likeness (QED) is 0.525. The van der Waals surface area contributed by atoms with Crippen molar-refractivity contribution in [2.75, 3.05) is 31.1 Å². The van der Waals surface area contributed by atoms with Gasteiger partial charge in [0.2, 0.25) is 0 Å². The highest BCUT2D eigenvalue weighted by Gasteiger charge is 2.31. The molecule has 7 nitrogen and oxygen atoms in total. The van der Waals surface area contributed by atoms with Gasteiger partial charge in [0.1, 0.15) is 0 Å². The van der Waals surface area contributed by atoms with E-state index in [1.54, 1.807) is 11.3 Å². The van der Waals surface area contributed by atoms with Gasteiger partial charge in [0.15, 0.2) is 11.0 Å². The normalized spacial score (nSPS) is 19.8. The fourth-order valence-electron chi connectivity index (χ4n) is 5.10. The van der Waals surface area contributed by atoms with E-state index in [1.165, 1.54) is 49.6 Å². The third-order valence-corrected chi connectivity index (χ3v) is 7.97. The van der Waals surface area contributed by atoms with E-state index in [-0.39, 0.29) is 0 Å². The van der Waals surface area contributed by atoms with Crippen LogP contribution in [-0.2, 0) is 0 Å². The summed E-state index contributed by atoms with van der Waals surface area (Å²) in [6.07, 6.45) is 9.90. The Kier molecular flexibility index (Phi) is 6.45. The van der Waals surface area contributed by atoms with E-state index in [1.807, 2.05) is 0 Å². The zero-order valence-corrected chi connectivity index (χ0v) is 19.3. The van der Waals surface area contributed by atoms with Gasteiger partial charge in [0.05, 0.1) is 22.3 Å². The van der Waals surface area contributed by atoms with Crippen LogP contribution in [0, 0.1) is 0 Å². The number of anilines is 1. The molecule has 1 aliphatic heterocycles. The lowest BCUT2D eigenvalue weighted by atomic mass is 9.95. The summed E-state index contributed by atoms with van der Waals surface area (Å²) >= 11 is 1.81. The lowest BCUT2D eigenvalue weighted by Gasteiger charge is -2.39. The Morgan fingerprint density at radius 3 is 2.65 bits per heavy atom. The van der Waals surface area contributed by atoms with E-state index in [2.05, 4.69) is 61.2 Å². The molecule has 1 saturated carbocycles. The monoisotopic (exact) mass is 439 g/mol. The molecule has 2 fully saturated rings. The molecular formula is C23H33N7S. The standard InChI is InChI=1S/C23H33N7S/c1-2-3-12-20(22-25-26-27-30(22)18-9-5-4-6-10-18)28-14-16-29(17-15-28)23-24-19-11-7-8-13-21(19)31-23/h7-8,11,13,18,20H,2-6,9-10,12,14-17H2,1H3/t20-/m1/s1. The molecule has 2 aliphatic rings. The van der Waals surface area contributed by atoms with Crippen molar-refractivity contribution in [2.24, 2.45) is 0 Å². The molecule has 5 rings (SSSR count). The zero-order valence-electron chi connectivity index (χ0n) is 18.5. The maximum atomic E-state index is 4.87. The summed E-state index contributed by atoms with van der Waals surface area (Å²) in [6, 6.07) is 9.23. The van der Waals surface area contributed by atoms with Crippen LogP contribution in [0.25, 0.3) is 10.2 Å². The molecule has 1 aliphatic carbocycles. The number of hydrogen-bond donors (Lipinski definition) is 0. The van der Waals surface area contributed by atoms with Crippen molar-refractivity contribution < 1.29 is 0 Å². The highest BCUT2D eigenvalue weighted by molar-refractivity contribution is 7.22. The molecule has 1 atom stereocenters. The summed E-state index contributed by atoms with van der Waals surface area (Å²) in [6.45, 7) is 6.34. The minimum Gasteiger partial charge on any atom is -0.345 e. The Morgan fingerprint density at radius 1 is 1.06 bits per heavy atom. The maximum Gasteiger partial charge on any atom is 0.186 e. The lowest BCUT2D eigenvalue weighted by Crippen LogP contribution is -2.48. The van der Waals surface area contributed by atoms with Gasteiger partial charge >= 0.3 is 0 Å². The molecule has 8 heteroatoms. The number of benzene rings is 1. The summed E-state index contributed by atoms with van der Waals surface area (Å²) in [7, 11) is 0. The average Bonchev–Trinajstić information content (AvgIpc) is 3.48. The number of piperazine rings is 1. The fraction of sp³-hybridized carbons (Fsp3) is 0.652. The van der Waals surface area contributed by atoms with Crippen LogP contribution in [-0.4, -0.2) is 56.3 Å². The molecule has 0 N–H and O–H groups in total. The number of para-hydroxylation sites is 1. The van der Waals surface area contributed by atoms with Gasteiger partial charge in [-0.25, -0.2) is 9.67 Å². The summed E-state index contributed by atoms with van der Waals surface area (Å²) in [5, 5.41) is 14.3. The number of tetrazole rings is 1. The molecule has 0 bridgehead atoms. The zero-order chi connectivity index (χ0) is 21.0. The molecule has 0 radical (unpaired) electrons. The first-order valence-corrected chi connectivity index (χ1v) is 12.8. The molecule has 31 heavy (non-hydrogen) atoms. The highest BCUT2D eigenvalue weighted by Crippen LogP contribution is 2.34. The van der Waals surface area contributed by atoms with Gasteiger partial charge < -0.3 is 4.90 Å². The van der Waals surface area contributed by atoms with Gasteiger partial charge in [-0.3, -0.25) is 4.90 Å². The van der Waals surface area contributed by atoms with Crippen LogP contribution >= 0.6 is 11.3 Å². The number of fused-ring (bicyclic) bond motifs is 1. The SMILES string of the molecule is CCCC[C@H](c1nnnn1C1CCCCC1)N1CCN(c2nc3ccccc3s2)CC1. The lowest BCUT2D eigenvalue weighted by molar-refractivity contribution is 0.157. The van der Waals surface area contributed by atoms with Gasteiger partial charge in [0, 0.05) is 26.2 Å². The Balaban J connectivity index is 1.31. The number of aromatic nitrogens is 5. The van der Waals surface area contributed by atoms with E-state index in [4.69, 9.17) is 4.98 Å². The van der Waals surface area contributed by atoms with Gasteiger partial charge in [0.25, 0.3) is 0 Å². The fourth-order valence-corrected chi connectivity index (χ4v) is 6.12. The van der Waals surface area contributed by atoms with Gasteiger partial charge in [-0.2, -0.15) is 0 Å². The molecule has 1 saturated heterocycles. The summed E-state index contributed by atoms with van der Waals surface area (Å²) < 4.78 is 3.45. The Morgan fingerprint density at radius 2 is 1.87 bits per heavy atom. The van der Waals surface area contributed by atoms with E-state index in [9.17, 15) is 0 Å². The summed E-state index contributed by atoms with van der Waals surface area (Å²) in [5.74, 6) is 1.09. The first kappa shape index (κ1) is 20.8. The highest BCUT2D eigenvalue weighted by atomic mass is 32.1. The van der Waals surface area contributed by atoms with Crippen molar-refractivity contribution in [3.05, 3.63) is 30.1 Å². The molecule has 0 spiro atoms. The van der Waals surface area contributed by atoms with Gasteiger partial charge in [-0.05, 0) is 41.8 Å². The molecular weight excluding hydrogens is 406 g/mol. The van der Waals surface area contributed by atoms with Crippen molar-refractivity contribution in [1.82, 2.24) is 30.1 Å². The number of thiazole rings is 1. The first-order valence-electron chi connectivity index (χ1n) is 12.0. The van der Waals surface area contributed by atoms with Crippen molar-refractivity contribution in [2.45, 2.75) is 70.4 Å². The minimum absolute atomic E-state index is 0.314. The second-order valence-electron chi connectivity index (χ2n) is 8.92. The van der Waals surface area contributed by atoms with Crippen molar-refractivity contribution in [1.29, 1.82) is 0 Å². The Bertz CT molecular complexity index is 936. The van der Waals surface area contributed by atoms with Crippen molar-refractivity contribution in [3.8, 4) is 0 Å². The van der Waals surface area contributed by atoms with Gasteiger partial charge in [-0.1, -0.05) is 62.5 Å². The molecule has 0 unspecified atom stereocenters. The van der Waals surface area contributed by atoms with Crippen LogP contribution in [0.5, 0.6) is 0 Å². The second kappa shape index (κ2) is 9.61. The maximum absolute atomic E-state index is 4.87. The Hall–Kier alpha value is -2.06. The van der Waals surface area contributed by atoms with Crippen LogP contribution in [0.3, 0.4) is 0 Å². The van der Waals surface area contributed by atoms with E-state index in [0.29, 0.717) is 12.1 Å². The molecule has 3 heterocycles. The predicted molar refractivity (Wildman–Crippen MR) is 126 cm³/mol. The van der Waals surface area contributed by atoms with Crippen LogP contribution in [0.2, 0.25) is 0 Å². The summed E-state index contributed by atoms with van der Waals surface area (Å²) in [4.78, 5) is 9.93. The third-order valence-electron chi connectivity index (χ3n) is 6.88. The van der Waals surface area contributed by atoms with Crippen LogP contribution in [0.15, 0.2) is 24.3 Å². The van der Waals surface area contributed by atoms with Crippen molar-refractivity contribution in [3.63, 3.8) is 0 Å². The van der Waals surface area contributed by atoms with E-state index in [0.717, 1.165) is 49.1 Å². The van der Waals surface area contributed by atoms with Crippen LogP contribution in [0.4, 0.5) is 5.13 Å². The topological polar surface area (TPSA) is 63.0 Å². The summed E-state index contributed by atoms with van der Waals surface area (Å²) in [5.41, 5.74) is 1.11. The number of unbranched alkanes of at least 4 members (excludes halogenated alkanes) is 1. The van der Waals surface area contributed by atoms with Crippen LogP contribution in [0.1, 0.15) is 76.2 Å². The molecule has 2 aromatic heterocycles. The molecule has 1 aromatic carbocycles. The second-order valence-corrected chi connectivity index (χ2v) is 9.93. The average molecular weight is 440 g/mol. The van der Waals surface area contributed by atoms with E-state index < -0.39 is 0 Å². The number of rotatable bonds is 7. The van der Waals surface area contributed by atoms with Gasteiger partial charge in [-0.15, -0.1) is 5.10 Å². The predicted octanol–water partition coefficient (Wildman–Crippen LogP) is 4.84. The molecule has 0 amide bonds. The first-order chi connectivity index (χ1) is 15.3. The number of nitrogens with zero attached hydrogens (tertiary/aromatic N) is 7. The number of hydrogen-bond acceptors (Lipinski definition) is 7. The largest absolute Gasteiger partial charge is 0.345 e. The molecule has 166 valence electrons. The van der Waals surface area contributed by atoms with E-state index >= 15 is 0 Å². The minimum atomic E-state index is 0.314.